The van der Waals surface area contributed by atoms with Gasteiger partial charge < -0.3 is 41.3 Å². The zero-order valence-electron chi connectivity index (χ0n) is 36.7. The van der Waals surface area contributed by atoms with E-state index in [9.17, 15) is 43.5 Å². The van der Waals surface area contributed by atoms with Crippen LogP contribution >= 0.6 is 0 Å². The van der Waals surface area contributed by atoms with Gasteiger partial charge in [0.1, 0.15) is 17.8 Å². The summed E-state index contributed by atoms with van der Waals surface area (Å²) in [5.74, 6) is -3.97. The fourth-order valence-electron chi connectivity index (χ4n) is 9.26. The molecule has 3 saturated heterocycles. The maximum atomic E-state index is 13.4. The van der Waals surface area contributed by atoms with Crippen molar-refractivity contribution in [2.75, 3.05) is 56.2 Å². The first kappa shape index (κ1) is 45.8. The standard InChI is InChI=1S/C45H50N12O10/c1-54(22-27-21-48-39-37(49-27)38(46)52-45(47)53-39)28-7-5-26(6-8-28)40(61)50-30(44(65)66)9-12-34(59)55-17-13-24(14-18-55)25-15-19-56(20-16-25)35(60)23-67-32-4-2-3-29-36(32)43(64)57(42(29)63)31-10-11-33(58)51-41(31)62/h2-8,21,24-25,30-31H,9-20,22-23H2,1H3,(H,50,61)(H,65,66)(H,51,58,62)(H4,46,47,48,52,53)/t30-,31?/m1/s1. The van der Waals surface area contributed by atoms with Gasteiger partial charge in [0.05, 0.1) is 29.6 Å². The minimum atomic E-state index is -1.27. The quantitative estimate of drug-likeness (QED) is 0.111. The van der Waals surface area contributed by atoms with Crippen molar-refractivity contribution in [2.45, 2.75) is 70.0 Å². The van der Waals surface area contributed by atoms with E-state index in [0.29, 0.717) is 55.8 Å². The van der Waals surface area contributed by atoms with E-state index < -0.39 is 47.6 Å². The number of nitrogens with zero attached hydrogens (tertiary/aromatic N) is 8. The maximum Gasteiger partial charge on any atom is 0.326 e. The third kappa shape index (κ3) is 9.92. The summed E-state index contributed by atoms with van der Waals surface area (Å²) < 4.78 is 5.82. The van der Waals surface area contributed by atoms with Crippen LogP contribution in [0.2, 0.25) is 0 Å². The second kappa shape index (κ2) is 19.4. The summed E-state index contributed by atoms with van der Waals surface area (Å²) in [7, 11) is 1.83. The Bertz CT molecular complexity index is 2650. The van der Waals surface area contributed by atoms with Gasteiger partial charge in [-0.05, 0) is 86.8 Å². The SMILES string of the molecule is CN(Cc1cnc2nc(N)nc(N)c2n1)c1ccc(C(=O)N[C@H](CCC(=O)N2CCC(C3CCN(C(=O)COc4cccc5c4C(=O)N(C4CCC(=O)NC4=O)C5=O)CC3)CC2)C(=O)O)cc1. The molecular formula is C45H50N12O10. The van der Waals surface area contributed by atoms with Crippen molar-refractivity contribution in [3.8, 4) is 5.75 Å². The van der Waals surface area contributed by atoms with Gasteiger partial charge in [-0.25, -0.2) is 14.8 Å². The molecule has 0 aliphatic carbocycles. The number of carboxylic acids is 1. The molecule has 6 heterocycles. The average Bonchev–Trinajstić information content (AvgIpc) is 3.58. The van der Waals surface area contributed by atoms with E-state index >= 15 is 0 Å². The number of carboxylic acid groups (broad SMARTS) is 1. The predicted molar refractivity (Wildman–Crippen MR) is 238 cm³/mol. The monoisotopic (exact) mass is 918 g/mol. The largest absolute Gasteiger partial charge is 0.483 e. The summed E-state index contributed by atoms with van der Waals surface area (Å²) in [6.45, 7) is 2.06. The molecule has 67 heavy (non-hydrogen) atoms. The molecule has 22 nitrogen and oxygen atoms in total. The van der Waals surface area contributed by atoms with Crippen molar-refractivity contribution in [3.05, 3.63) is 71.0 Å². The van der Waals surface area contributed by atoms with Crippen LogP contribution in [0.1, 0.15) is 88.1 Å². The van der Waals surface area contributed by atoms with Crippen molar-refractivity contribution in [1.82, 2.24) is 45.3 Å². The molecule has 350 valence electrons. The van der Waals surface area contributed by atoms with Gasteiger partial charge in [0.25, 0.3) is 23.6 Å². The number of nitrogens with one attached hydrogen (secondary N) is 2. The van der Waals surface area contributed by atoms with Gasteiger partial charge in [-0.2, -0.15) is 9.97 Å². The molecule has 3 fully saturated rings. The van der Waals surface area contributed by atoms with E-state index in [0.717, 1.165) is 36.3 Å². The van der Waals surface area contributed by atoms with Gasteiger partial charge >= 0.3 is 5.97 Å². The minimum absolute atomic E-state index is 0.000898. The normalized spacial score (nSPS) is 18.4. The van der Waals surface area contributed by atoms with Gasteiger partial charge in [-0.1, -0.05) is 6.07 Å². The van der Waals surface area contributed by atoms with E-state index in [4.69, 9.17) is 16.2 Å². The zero-order valence-corrected chi connectivity index (χ0v) is 36.7. The van der Waals surface area contributed by atoms with Gasteiger partial charge in [-0.3, -0.25) is 43.8 Å². The van der Waals surface area contributed by atoms with Crippen molar-refractivity contribution < 1.29 is 48.2 Å². The molecule has 4 aliphatic rings. The third-order valence-corrected chi connectivity index (χ3v) is 13.0. The third-order valence-electron chi connectivity index (χ3n) is 13.0. The summed E-state index contributed by atoms with van der Waals surface area (Å²) in [6.07, 6.45) is 4.52. The number of anilines is 3. The fraction of sp³-hybridized carbons (Fsp3) is 0.422. The molecule has 4 aliphatic heterocycles. The zero-order chi connectivity index (χ0) is 47.5. The number of amides is 7. The molecule has 7 amide bonds. The van der Waals surface area contributed by atoms with Gasteiger partial charge in [0.2, 0.25) is 23.7 Å². The molecule has 7 N–H and O–H groups in total. The molecule has 0 radical (unpaired) electrons. The fourth-order valence-corrected chi connectivity index (χ4v) is 9.26. The van der Waals surface area contributed by atoms with Crippen LogP contribution in [0.15, 0.2) is 48.7 Å². The Kier molecular flexibility index (Phi) is 13.2. The number of aliphatic carboxylic acids is 1. The summed E-state index contributed by atoms with van der Waals surface area (Å²) in [4.78, 5) is 125. The first-order valence-corrected chi connectivity index (χ1v) is 22.1. The van der Waals surface area contributed by atoms with Crippen LogP contribution in [-0.4, -0.2) is 139 Å². The van der Waals surface area contributed by atoms with Gasteiger partial charge in [0, 0.05) is 57.3 Å². The highest BCUT2D eigenvalue weighted by Crippen LogP contribution is 2.35. The number of carbonyl (C=O) groups excluding carboxylic acids is 7. The minimum Gasteiger partial charge on any atom is -0.483 e. The lowest BCUT2D eigenvalue weighted by atomic mass is 9.78. The second-order valence-corrected chi connectivity index (χ2v) is 17.2. The van der Waals surface area contributed by atoms with E-state index in [1.165, 1.54) is 18.2 Å². The molecule has 2 aromatic carbocycles. The van der Waals surface area contributed by atoms with Crippen molar-refractivity contribution in [1.29, 1.82) is 0 Å². The Morgan fingerprint density at radius 2 is 1.55 bits per heavy atom. The number of rotatable bonds is 14. The summed E-state index contributed by atoms with van der Waals surface area (Å²) in [5, 5.41) is 14.6. The molecule has 2 aromatic heterocycles. The number of aromatic nitrogens is 4. The maximum absolute atomic E-state index is 13.4. The number of nitrogen functional groups attached to an aromatic ring is 2. The number of likely N-dealkylation sites (tertiary alicyclic amines) is 2. The molecule has 4 aromatic rings. The highest BCUT2D eigenvalue weighted by atomic mass is 16.5. The van der Waals surface area contributed by atoms with Crippen LogP contribution < -0.4 is 31.7 Å². The van der Waals surface area contributed by atoms with E-state index in [2.05, 4.69) is 30.6 Å². The first-order chi connectivity index (χ1) is 32.1. The van der Waals surface area contributed by atoms with Crippen LogP contribution in [0.25, 0.3) is 11.2 Å². The number of hydrogen-bond acceptors (Lipinski definition) is 16. The lowest BCUT2D eigenvalue weighted by Crippen LogP contribution is -2.54. The molecule has 0 spiro atoms. The number of imide groups is 2. The van der Waals surface area contributed by atoms with Gasteiger partial charge in [-0.15, -0.1) is 0 Å². The van der Waals surface area contributed by atoms with Crippen LogP contribution in [0.3, 0.4) is 0 Å². The topological polar surface area (TPSA) is 307 Å². The summed E-state index contributed by atoms with van der Waals surface area (Å²) in [5.41, 5.74) is 13.8. The molecule has 22 heteroatoms. The van der Waals surface area contributed by atoms with Crippen LogP contribution in [0, 0.1) is 11.8 Å². The lowest BCUT2D eigenvalue weighted by Gasteiger charge is -2.40. The number of carbonyl (C=O) groups is 8. The predicted octanol–water partition coefficient (Wildman–Crippen LogP) is 1.14. The average molecular weight is 919 g/mol. The Morgan fingerprint density at radius 1 is 0.881 bits per heavy atom. The molecule has 0 saturated carbocycles. The van der Waals surface area contributed by atoms with Crippen LogP contribution in [0.4, 0.5) is 17.5 Å². The summed E-state index contributed by atoms with van der Waals surface area (Å²) in [6, 6.07) is 8.71. The molecule has 2 atom stereocenters. The highest BCUT2D eigenvalue weighted by molar-refractivity contribution is 6.24. The number of fused-ring (bicyclic) bond motifs is 2. The number of piperidine rings is 3. The Labute approximate surface area is 383 Å². The van der Waals surface area contributed by atoms with Crippen molar-refractivity contribution in [2.24, 2.45) is 11.8 Å². The lowest BCUT2D eigenvalue weighted by molar-refractivity contribution is -0.140. The molecule has 0 bridgehead atoms. The number of benzene rings is 2. The number of nitrogens with two attached hydrogens (primary N) is 2. The molecular weight excluding hydrogens is 869 g/mol. The van der Waals surface area contributed by atoms with E-state index in [1.807, 2.05) is 11.9 Å². The van der Waals surface area contributed by atoms with Crippen molar-refractivity contribution in [3.63, 3.8) is 0 Å². The first-order valence-electron chi connectivity index (χ1n) is 22.1. The highest BCUT2D eigenvalue weighted by Gasteiger charge is 2.46. The molecule has 1 unspecified atom stereocenters. The van der Waals surface area contributed by atoms with E-state index in [1.54, 1.807) is 40.3 Å². The second-order valence-electron chi connectivity index (χ2n) is 17.2. The number of ether oxygens (including phenoxy) is 1. The van der Waals surface area contributed by atoms with Crippen molar-refractivity contribution >= 4 is 75.9 Å². The van der Waals surface area contributed by atoms with Gasteiger partial charge in [0.15, 0.2) is 23.6 Å². The Morgan fingerprint density at radius 3 is 2.21 bits per heavy atom. The number of hydrogen-bond donors (Lipinski definition) is 5. The van der Waals surface area contributed by atoms with E-state index in [-0.39, 0.29) is 84.0 Å². The summed E-state index contributed by atoms with van der Waals surface area (Å²) >= 11 is 0. The smallest absolute Gasteiger partial charge is 0.326 e. The Hall–Kier alpha value is -7.78. The molecule has 8 rings (SSSR count). The van der Waals surface area contributed by atoms with Crippen LogP contribution in [-0.2, 0) is 30.5 Å². The Balaban J connectivity index is 0.751. The van der Waals surface area contributed by atoms with Crippen LogP contribution in [0.5, 0.6) is 5.75 Å².